The molecule has 0 aliphatic heterocycles. The number of rotatable bonds is 4. The fraction of sp³-hybridized carbons (Fsp3) is 0.286. The number of benzene rings is 1. The van der Waals surface area contributed by atoms with Crippen LogP contribution in [0.3, 0.4) is 0 Å². The van der Waals surface area contributed by atoms with Gasteiger partial charge < -0.3 is 14.8 Å². The maximum absolute atomic E-state index is 10.8. The highest BCUT2D eigenvalue weighted by Gasteiger charge is 2.15. The molecule has 100 valence electrons. The molecule has 2 aromatic rings. The van der Waals surface area contributed by atoms with E-state index >= 15 is 0 Å². The van der Waals surface area contributed by atoms with Crippen LogP contribution in [0.2, 0.25) is 0 Å². The molecule has 0 fully saturated rings. The van der Waals surface area contributed by atoms with Crippen molar-refractivity contribution < 1.29 is 14.6 Å². The van der Waals surface area contributed by atoms with E-state index in [9.17, 15) is 4.79 Å². The Bertz CT molecular complexity index is 617. The first-order valence-electron chi connectivity index (χ1n) is 5.92. The van der Waals surface area contributed by atoms with Crippen molar-refractivity contribution in [2.75, 3.05) is 7.11 Å². The van der Waals surface area contributed by atoms with Gasteiger partial charge in [-0.2, -0.15) is 0 Å². The molecule has 0 atom stereocenters. The maximum atomic E-state index is 10.8. The Morgan fingerprint density at radius 1 is 1.37 bits per heavy atom. The van der Waals surface area contributed by atoms with Crippen molar-refractivity contribution in [2.45, 2.75) is 20.3 Å². The molecule has 0 aliphatic carbocycles. The molecule has 1 aromatic heterocycles. The van der Waals surface area contributed by atoms with E-state index in [1.807, 2.05) is 26.0 Å². The SMILES string of the molecule is COc1cc(C)c(-c2nc[nH]c2CC(=O)O)cc1C. The van der Waals surface area contributed by atoms with Crippen LogP contribution in [0.25, 0.3) is 11.3 Å². The van der Waals surface area contributed by atoms with Gasteiger partial charge in [-0.25, -0.2) is 4.98 Å². The van der Waals surface area contributed by atoms with Gasteiger partial charge in [-0.3, -0.25) is 4.79 Å². The Morgan fingerprint density at radius 3 is 2.74 bits per heavy atom. The highest BCUT2D eigenvalue weighted by molar-refractivity contribution is 5.75. The molecule has 2 N–H and O–H groups in total. The average molecular weight is 260 g/mol. The summed E-state index contributed by atoms with van der Waals surface area (Å²) in [4.78, 5) is 18.0. The van der Waals surface area contributed by atoms with Gasteiger partial charge in [0.2, 0.25) is 0 Å². The number of aromatic amines is 1. The predicted octanol–water partition coefficient (Wildman–Crippen LogP) is 2.33. The summed E-state index contributed by atoms with van der Waals surface area (Å²) in [6.45, 7) is 3.90. The summed E-state index contributed by atoms with van der Waals surface area (Å²) in [5.74, 6) is -0.0649. The first-order valence-corrected chi connectivity index (χ1v) is 5.92. The molecule has 2 rings (SSSR count). The summed E-state index contributed by atoms with van der Waals surface area (Å²) < 4.78 is 5.27. The summed E-state index contributed by atoms with van der Waals surface area (Å²) in [6, 6.07) is 3.90. The number of hydrogen-bond donors (Lipinski definition) is 2. The number of carbonyl (C=O) groups is 1. The standard InChI is InChI=1S/C14H16N2O3/c1-8-5-12(19-3)9(2)4-10(8)14-11(6-13(17)18)15-7-16-14/h4-5,7H,6H2,1-3H3,(H,15,16)(H,17,18). The fourth-order valence-corrected chi connectivity index (χ4v) is 2.10. The molecule has 5 nitrogen and oxygen atoms in total. The molecule has 0 spiro atoms. The number of hydrogen-bond acceptors (Lipinski definition) is 3. The fourth-order valence-electron chi connectivity index (χ4n) is 2.10. The first-order chi connectivity index (χ1) is 9.02. The van der Waals surface area contributed by atoms with Crippen LogP contribution in [0.4, 0.5) is 0 Å². The molecular weight excluding hydrogens is 244 g/mol. The topological polar surface area (TPSA) is 75.2 Å². The van der Waals surface area contributed by atoms with E-state index in [1.54, 1.807) is 7.11 Å². The molecule has 0 unspecified atom stereocenters. The largest absolute Gasteiger partial charge is 0.496 e. The maximum Gasteiger partial charge on any atom is 0.309 e. The minimum absolute atomic E-state index is 0.0696. The Kier molecular flexibility index (Phi) is 3.55. The van der Waals surface area contributed by atoms with E-state index in [1.165, 1.54) is 6.33 Å². The van der Waals surface area contributed by atoms with E-state index in [0.717, 1.165) is 22.4 Å². The van der Waals surface area contributed by atoms with Crippen molar-refractivity contribution in [1.29, 1.82) is 0 Å². The summed E-state index contributed by atoms with van der Waals surface area (Å²) in [5, 5.41) is 8.89. The molecule has 0 saturated heterocycles. The number of nitrogens with one attached hydrogen (secondary N) is 1. The molecule has 0 bridgehead atoms. The molecule has 5 heteroatoms. The monoisotopic (exact) mass is 260 g/mol. The van der Waals surface area contributed by atoms with E-state index in [4.69, 9.17) is 9.84 Å². The van der Waals surface area contributed by atoms with Crippen LogP contribution in [0.1, 0.15) is 16.8 Å². The number of ether oxygens (including phenoxy) is 1. The second-order valence-electron chi connectivity index (χ2n) is 4.44. The Balaban J connectivity index is 2.50. The normalized spacial score (nSPS) is 10.5. The lowest BCUT2D eigenvalue weighted by molar-refractivity contribution is -0.136. The van der Waals surface area contributed by atoms with Gasteiger partial charge >= 0.3 is 5.97 Å². The molecule has 0 radical (unpaired) electrons. The number of nitrogens with zero attached hydrogens (tertiary/aromatic N) is 1. The van der Waals surface area contributed by atoms with Crippen molar-refractivity contribution in [3.05, 3.63) is 35.3 Å². The zero-order valence-electron chi connectivity index (χ0n) is 11.2. The number of carboxylic acids is 1. The number of aliphatic carboxylic acids is 1. The van der Waals surface area contributed by atoms with E-state index in [-0.39, 0.29) is 6.42 Å². The highest BCUT2D eigenvalue weighted by atomic mass is 16.5. The lowest BCUT2D eigenvalue weighted by Gasteiger charge is -2.10. The van der Waals surface area contributed by atoms with Crippen molar-refractivity contribution in [3.63, 3.8) is 0 Å². The van der Waals surface area contributed by atoms with Crippen LogP contribution in [0.5, 0.6) is 5.75 Å². The number of methoxy groups -OCH3 is 1. The zero-order valence-corrected chi connectivity index (χ0v) is 11.2. The molecule has 0 saturated carbocycles. The first kappa shape index (κ1) is 13.1. The van der Waals surface area contributed by atoms with Crippen LogP contribution < -0.4 is 4.74 Å². The lowest BCUT2D eigenvalue weighted by Crippen LogP contribution is -2.02. The minimum Gasteiger partial charge on any atom is -0.496 e. The van der Waals surface area contributed by atoms with Crippen LogP contribution in [-0.2, 0) is 11.2 Å². The Morgan fingerprint density at radius 2 is 2.11 bits per heavy atom. The van der Waals surface area contributed by atoms with E-state index < -0.39 is 5.97 Å². The van der Waals surface area contributed by atoms with Gasteiger partial charge in [-0.15, -0.1) is 0 Å². The second kappa shape index (κ2) is 5.14. The van der Waals surface area contributed by atoms with E-state index in [2.05, 4.69) is 9.97 Å². The molecular formula is C14H16N2O3. The van der Waals surface area contributed by atoms with Crippen LogP contribution in [-0.4, -0.2) is 28.2 Å². The number of imidazole rings is 1. The molecule has 1 aromatic carbocycles. The third-order valence-corrected chi connectivity index (χ3v) is 3.04. The van der Waals surface area contributed by atoms with E-state index in [0.29, 0.717) is 11.4 Å². The third-order valence-electron chi connectivity index (χ3n) is 3.04. The van der Waals surface area contributed by atoms with Crippen LogP contribution in [0, 0.1) is 13.8 Å². The molecule has 0 aliphatic rings. The predicted molar refractivity (Wildman–Crippen MR) is 71.4 cm³/mol. The smallest absolute Gasteiger partial charge is 0.309 e. The number of H-pyrrole nitrogens is 1. The summed E-state index contributed by atoms with van der Waals surface area (Å²) >= 11 is 0. The summed E-state index contributed by atoms with van der Waals surface area (Å²) in [6.07, 6.45) is 1.45. The lowest BCUT2D eigenvalue weighted by atomic mass is 10.00. The average Bonchev–Trinajstić information content (AvgIpc) is 2.78. The van der Waals surface area contributed by atoms with Crippen LogP contribution >= 0.6 is 0 Å². The Labute approximate surface area is 111 Å². The van der Waals surface area contributed by atoms with Crippen molar-refractivity contribution in [2.24, 2.45) is 0 Å². The second-order valence-corrected chi connectivity index (χ2v) is 4.44. The van der Waals surface area contributed by atoms with Gasteiger partial charge in [0.25, 0.3) is 0 Å². The number of aromatic nitrogens is 2. The van der Waals surface area contributed by atoms with Crippen LogP contribution in [0.15, 0.2) is 18.5 Å². The van der Waals surface area contributed by atoms with Crippen molar-refractivity contribution >= 4 is 5.97 Å². The van der Waals surface area contributed by atoms with Gasteiger partial charge in [-0.05, 0) is 37.1 Å². The minimum atomic E-state index is -0.881. The van der Waals surface area contributed by atoms with Gasteiger partial charge in [0.15, 0.2) is 0 Å². The number of aryl methyl sites for hydroxylation is 2. The Hall–Kier alpha value is -2.30. The van der Waals surface area contributed by atoms with Crippen molar-refractivity contribution in [1.82, 2.24) is 9.97 Å². The zero-order chi connectivity index (χ0) is 14.0. The van der Waals surface area contributed by atoms with Gasteiger partial charge in [0, 0.05) is 5.56 Å². The third kappa shape index (κ3) is 2.59. The van der Waals surface area contributed by atoms with Crippen molar-refractivity contribution in [3.8, 4) is 17.0 Å². The van der Waals surface area contributed by atoms with Gasteiger partial charge in [-0.1, -0.05) is 0 Å². The summed E-state index contributed by atoms with van der Waals surface area (Å²) in [5.41, 5.74) is 4.22. The molecule has 0 amide bonds. The number of carboxylic acid groups (broad SMARTS) is 1. The summed E-state index contributed by atoms with van der Waals surface area (Å²) in [7, 11) is 1.63. The highest BCUT2D eigenvalue weighted by Crippen LogP contribution is 2.30. The van der Waals surface area contributed by atoms with Gasteiger partial charge in [0.05, 0.1) is 31.2 Å². The molecule has 1 heterocycles. The quantitative estimate of drug-likeness (QED) is 0.884. The van der Waals surface area contributed by atoms with Gasteiger partial charge in [0.1, 0.15) is 5.75 Å². The molecule has 19 heavy (non-hydrogen) atoms.